The van der Waals surface area contributed by atoms with E-state index in [1.807, 2.05) is 18.2 Å². The van der Waals surface area contributed by atoms with Gasteiger partial charge in [-0.3, -0.25) is 9.80 Å². The van der Waals surface area contributed by atoms with Crippen molar-refractivity contribution in [2.24, 2.45) is 0 Å². The lowest BCUT2D eigenvalue weighted by Crippen LogP contribution is -2.33. The molecule has 1 N–H and O–H groups in total. The predicted molar refractivity (Wildman–Crippen MR) is 127 cm³/mol. The standard InChI is InChI=1S/C26H35N3O2/c1-27(20-24(30)21-29-15-12-23-9-3-4-11-26(23)29)19-22-8-7-10-25(18-22)31-17-16-28-13-5-2-6-14-28/h3-4,7-12,15,18,24,30H,2,5-6,13-14,16-17,19-21H2,1H3. The highest BCUT2D eigenvalue weighted by molar-refractivity contribution is 5.79. The molecule has 1 saturated heterocycles. The number of aliphatic hydroxyl groups is 1. The quantitative estimate of drug-likeness (QED) is 0.537. The van der Waals surface area contributed by atoms with Crippen LogP contribution in [0.3, 0.4) is 0 Å². The molecule has 1 aliphatic heterocycles. The van der Waals surface area contributed by atoms with E-state index in [4.69, 9.17) is 4.74 Å². The Hall–Kier alpha value is -2.34. The topological polar surface area (TPSA) is 40.9 Å². The number of nitrogens with zero attached hydrogens (tertiary/aromatic N) is 3. The van der Waals surface area contributed by atoms with Gasteiger partial charge in [-0.25, -0.2) is 0 Å². The maximum absolute atomic E-state index is 10.6. The predicted octanol–water partition coefficient (Wildman–Crippen LogP) is 4.00. The van der Waals surface area contributed by atoms with Crippen LogP contribution in [-0.2, 0) is 13.1 Å². The van der Waals surface area contributed by atoms with Crippen LogP contribution < -0.4 is 4.74 Å². The molecule has 1 aromatic heterocycles. The molecule has 3 aromatic rings. The molecule has 0 amide bonds. The van der Waals surface area contributed by atoms with Gasteiger partial charge in [-0.1, -0.05) is 36.8 Å². The third-order valence-electron chi connectivity index (χ3n) is 6.09. The van der Waals surface area contributed by atoms with Crippen molar-refractivity contribution in [1.82, 2.24) is 14.4 Å². The fourth-order valence-electron chi connectivity index (χ4n) is 4.53. The van der Waals surface area contributed by atoms with Gasteiger partial charge in [0.2, 0.25) is 0 Å². The van der Waals surface area contributed by atoms with Gasteiger partial charge in [-0.05, 0) is 68.2 Å². The summed E-state index contributed by atoms with van der Waals surface area (Å²) in [7, 11) is 2.06. The Morgan fingerprint density at radius 2 is 1.87 bits per heavy atom. The first-order chi connectivity index (χ1) is 15.2. The maximum Gasteiger partial charge on any atom is 0.119 e. The Labute approximate surface area is 185 Å². The zero-order valence-electron chi connectivity index (χ0n) is 18.6. The van der Waals surface area contributed by atoms with Crippen molar-refractivity contribution in [2.75, 3.05) is 39.8 Å². The number of likely N-dealkylation sites (tertiary alicyclic amines) is 1. The minimum Gasteiger partial charge on any atom is -0.492 e. The summed E-state index contributed by atoms with van der Waals surface area (Å²) in [5, 5.41) is 11.8. The Kier molecular flexibility index (Phi) is 7.62. The van der Waals surface area contributed by atoms with Crippen LogP contribution in [0.15, 0.2) is 60.8 Å². The Morgan fingerprint density at radius 3 is 2.74 bits per heavy atom. The molecule has 4 rings (SSSR count). The molecule has 2 aromatic carbocycles. The molecular formula is C26H35N3O2. The van der Waals surface area contributed by atoms with Crippen molar-refractivity contribution in [1.29, 1.82) is 0 Å². The maximum atomic E-state index is 10.6. The summed E-state index contributed by atoms with van der Waals surface area (Å²) in [5.74, 6) is 0.933. The third-order valence-corrected chi connectivity index (χ3v) is 6.09. The van der Waals surface area contributed by atoms with Crippen LogP contribution in [0.4, 0.5) is 0 Å². The molecule has 5 heteroatoms. The van der Waals surface area contributed by atoms with E-state index in [1.54, 1.807) is 0 Å². The fraction of sp³-hybridized carbons (Fsp3) is 0.462. The molecule has 0 aliphatic carbocycles. The van der Waals surface area contributed by atoms with E-state index < -0.39 is 6.10 Å². The highest BCUT2D eigenvalue weighted by Gasteiger charge is 2.12. The molecule has 0 saturated carbocycles. The van der Waals surface area contributed by atoms with E-state index in [1.165, 1.54) is 48.8 Å². The van der Waals surface area contributed by atoms with E-state index >= 15 is 0 Å². The number of aliphatic hydroxyl groups excluding tert-OH is 1. The van der Waals surface area contributed by atoms with E-state index in [2.05, 4.69) is 64.0 Å². The van der Waals surface area contributed by atoms with Crippen LogP contribution in [-0.4, -0.2) is 65.4 Å². The SMILES string of the molecule is CN(Cc1cccc(OCCN2CCCCC2)c1)CC(O)Cn1ccc2ccccc21. The number of likely N-dealkylation sites (N-methyl/N-ethyl adjacent to an activating group) is 1. The van der Waals surface area contributed by atoms with Gasteiger partial charge in [0.15, 0.2) is 0 Å². The minimum atomic E-state index is -0.426. The first-order valence-electron chi connectivity index (χ1n) is 11.5. The number of para-hydroxylation sites is 1. The Bertz CT molecular complexity index is 948. The largest absolute Gasteiger partial charge is 0.492 e. The van der Waals surface area contributed by atoms with Gasteiger partial charge in [0, 0.05) is 37.9 Å². The first kappa shape index (κ1) is 21.9. The summed E-state index contributed by atoms with van der Waals surface area (Å²) in [5.41, 5.74) is 2.37. The zero-order valence-corrected chi connectivity index (χ0v) is 18.6. The third kappa shape index (κ3) is 6.33. The molecule has 0 spiro atoms. The number of piperidine rings is 1. The van der Waals surface area contributed by atoms with Gasteiger partial charge in [-0.2, -0.15) is 0 Å². The number of fused-ring (bicyclic) bond motifs is 1. The molecule has 31 heavy (non-hydrogen) atoms. The number of hydrogen-bond acceptors (Lipinski definition) is 4. The van der Waals surface area contributed by atoms with Crippen molar-refractivity contribution in [3.63, 3.8) is 0 Å². The van der Waals surface area contributed by atoms with Crippen molar-refractivity contribution < 1.29 is 9.84 Å². The van der Waals surface area contributed by atoms with Gasteiger partial charge in [0.05, 0.1) is 6.10 Å². The van der Waals surface area contributed by atoms with Gasteiger partial charge < -0.3 is 14.4 Å². The lowest BCUT2D eigenvalue weighted by molar-refractivity contribution is 0.108. The van der Waals surface area contributed by atoms with Crippen LogP contribution in [0.1, 0.15) is 24.8 Å². The first-order valence-corrected chi connectivity index (χ1v) is 11.5. The monoisotopic (exact) mass is 421 g/mol. The van der Waals surface area contributed by atoms with Crippen molar-refractivity contribution in [3.8, 4) is 5.75 Å². The second-order valence-electron chi connectivity index (χ2n) is 8.78. The van der Waals surface area contributed by atoms with E-state index in [0.29, 0.717) is 13.1 Å². The average molecular weight is 422 g/mol. The van der Waals surface area contributed by atoms with E-state index in [9.17, 15) is 5.11 Å². The Morgan fingerprint density at radius 1 is 1.03 bits per heavy atom. The van der Waals surface area contributed by atoms with Crippen molar-refractivity contribution in [2.45, 2.75) is 38.5 Å². The van der Waals surface area contributed by atoms with Crippen LogP contribution in [0.5, 0.6) is 5.75 Å². The number of benzene rings is 2. The highest BCUT2D eigenvalue weighted by atomic mass is 16.5. The number of rotatable bonds is 10. The van der Waals surface area contributed by atoms with E-state index in [-0.39, 0.29) is 0 Å². The summed E-state index contributed by atoms with van der Waals surface area (Å²) in [6, 6.07) is 18.7. The smallest absolute Gasteiger partial charge is 0.119 e. The highest BCUT2D eigenvalue weighted by Crippen LogP contribution is 2.17. The van der Waals surface area contributed by atoms with Crippen LogP contribution >= 0.6 is 0 Å². The molecule has 1 unspecified atom stereocenters. The lowest BCUT2D eigenvalue weighted by atomic mass is 10.1. The molecule has 2 heterocycles. The van der Waals surface area contributed by atoms with Crippen LogP contribution in [0.25, 0.3) is 10.9 Å². The number of aromatic nitrogens is 1. The minimum absolute atomic E-state index is 0.426. The molecule has 1 fully saturated rings. The molecule has 1 atom stereocenters. The summed E-state index contributed by atoms with van der Waals surface area (Å²) < 4.78 is 8.14. The number of hydrogen-bond donors (Lipinski definition) is 1. The fourth-order valence-corrected chi connectivity index (χ4v) is 4.53. The molecule has 0 bridgehead atoms. The second kappa shape index (κ2) is 10.8. The Balaban J connectivity index is 1.24. The second-order valence-corrected chi connectivity index (χ2v) is 8.78. The molecule has 1 aliphatic rings. The average Bonchev–Trinajstić information content (AvgIpc) is 3.17. The zero-order chi connectivity index (χ0) is 21.5. The van der Waals surface area contributed by atoms with Crippen LogP contribution in [0, 0.1) is 0 Å². The van der Waals surface area contributed by atoms with Gasteiger partial charge >= 0.3 is 0 Å². The van der Waals surface area contributed by atoms with Gasteiger partial charge in [0.1, 0.15) is 12.4 Å². The molecule has 0 radical (unpaired) electrons. The van der Waals surface area contributed by atoms with E-state index in [0.717, 1.165) is 25.4 Å². The molecular weight excluding hydrogens is 386 g/mol. The van der Waals surface area contributed by atoms with Gasteiger partial charge in [0.25, 0.3) is 0 Å². The van der Waals surface area contributed by atoms with Crippen molar-refractivity contribution >= 4 is 10.9 Å². The number of ether oxygens (including phenoxy) is 1. The van der Waals surface area contributed by atoms with Gasteiger partial charge in [-0.15, -0.1) is 0 Å². The van der Waals surface area contributed by atoms with Crippen LogP contribution in [0.2, 0.25) is 0 Å². The summed E-state index contributed by atoms with van der Waals surface area (Å²) in [4.78, 5) is 4.67. The molecule has 5 nitrogen and oxygen atoms in total. The summed E-state index contributed by atoms with van der Waals surface area (Å²) in [6.45, 7) is 6.15. The summed E-state index contributed by atoms with van der Waals surface area (Å²) in [6.07, 6.45) is 5.62. The summed E-state index contributed by atoms with van der Waals surface area (Å²) >= 11 is 0. The normalized spacial score (nSPS) is 16.1. The lowest BCUT2D eigenvalue weighted by Gasteiger charge is -2.26. The molecule has 166 valence electrons. The van der Waals surface area contributed by atoms with Crippen molar-refractivity contribution in [3.05, 3.63) is 66.4 Å².